The van der Waals surface area contributed by atoms with E-state index in [4.69, 9.17) is 33.9 Å². The maximum absolute atomic E-state index is 9.59. The molecular formula is H3O11P3Zn2. The Kier molecular flexibility index (Phi) is 15.6. The minimum absolute atomic E-state index is 0. The molecule has 0 spiro atoms. The summed E-state index contributed by atoms with van der Waals surface area (Å²) in [7, 11) is -15.8. The first-order chi connectivity index (χ1) is 5.71. The van der Waals surface area contributed by atoms with Crippen LogP contribution >= 0.6 is 23.5 Å². The van der Waals surface area contributed by atoms with E-state index in [1.165, 1.54) is 0 Å². The van der Waals surface area contributed by atoms with E-state index in [0.29, 0.717) is 0 Å². The molecule has 1 unspecified atom stereocenters. The number of hydrogen-bond donors (Lipinski definition) is 3. The number of rotatable bonds is 2. The van der Waals surface area contributed by atoms with Gasteiger partial charge in [-0.3, -0.25) is 4.57 Å². The van der Waals surface area contributed by atoms with Gasteiger partial charge in [0.25, 0.3) is 7.82 Å². The van der Waals surface area contributed by atoms with E-state index in [1.807, 2.05) is 0 Å². The van der Waals surface area contributed by atoms with Gasteiger partial charge in [0.05, 0.1) is 0 Å². The molecule has 0 aliphatic rings. The normalized spacial score (nSPS) is 14.4. The summed E-state index contributed by atoms with van der Waals surface area (Å²) in [6.07, 6.45) is 0. The Balaban J connectivity index is -0.0000000904. The van der Waals surface area contributed by atoms with Crippen molar-refractivity contribution in [2.24, 2.45) is 0 Å². The zero-order valence-electron chi connectivity index (χ0n) is 7.36. The third-order valence-electron chi connectivity index (χ3n) is 0.210. The molecule has 0 bridgehead atoms. The largest absolute Gasteiger partial charge is 2.00 e. The van der Waals surface area contributed by atoms with Crippen LogP contribution < -0.4 is 19.6 Å². The molecule has 16 heavy (non-hydrogen) atoms. The fraction of sp³-hybridized carbons (Fsp3) is 0. The molecule has 0 fully saturated rings. The van der Waals surface area contributed by atoms with Crippen molar-refractivity contribution < 1.29 is 91.2 Å². The smallest absolute Gasteiger partial charge is 0.822 e. The van der Waals surface area contributed by atoms with E-state index >= 15 is 0 Å². The van der Waals surface area contributed by atoms with Gasteiger partial charge in [-0.25, -0.2) is 8.88 Å². The van der Waals surface area contributed by atoms with Crippen LogP contribution in [0.4, 0.5) is 0 Å². The zero-order valence-corrected chi connectivity index (χ0v) is 16.0. The Morgan fingerprint density at radius 3 is 1.00 bits per heavy atom. The Morgan fingerprint density at radius 2 is 1.00 bits per heavy atom. The van der Waals surface area contributed by atoms with Crippen LogP contribution in [0.2, 0.25) is 0 Å². The van der Waals surface area contributed by atoms with Crippen LogP contribution in [0.15, 0.2) is 0 Å². The van der Waals surface area contributed by atoms with Crippen molar-refractivity contribution in [1.82, 2.24) is 0 Å². The van der Waals surface area contributed by atoms with Crippen LogP contribution in [0, 0.1) is 0 Å². The molecule has 0 saturated carbocycles. The molecule has 0 aromatic carbocycles. The quantitative estimate of drug-likeness (QED) is 0.297. The number of phosphoric acid groups is 3. The first kappa shape index (κ1) is 26.2. The zero-order chi connectivity index (χ0) is 12.2. The standard InChI is InChI=1S/H4O7P2.H3O4P.2Zn/c1-8(2,3)7-9(4,5)6;1-5(2,3)4;;/h(H2,1,2,3)(H2,4,5,6);(H3,1,2,3,4);;/q;;2*+2/p-4. The Labute approximate surface area is 114 Å². The van der Waals surface area contributed by atoms with E-state index in [0.717, 1.165) is 0 Å². The summed E-state index contributed by atoms with van der Waals surface area (Å²) >= 11 is 0. The van der Waals surface area contributed by atoms with Crippen molar-refractivity contribution >= 4 is 23.5 Å². The van der Waals surface area contributed by atoms with Crippen molar-refractivity contribution in [2.75, 3.05) is 0 Å². The molecule has 3 N–H and O–H groups in total. The van der Waals surface area contributed by atoms with E-state index in [1.54, 1.807) is 0 Å². The molecule has 11 nitrogen and oxygen atoms in total. The molecular weight excluding hydrogens is 400 g/mol. The summed E-state index contributed by atoms with van der Waals surface area (Å²) in [6.45, 7) is 0. The van der Waals surface area contributed by atoms with Crippen LogP contribution in [-0.4, -0.2) is 14.7 Å². The van der Waals surface area contributed by atoms with Crippen molar-refractivity contribution in [1.29, 1.82) is 0 Å². The maximum atomic E-state index is 9.59. The average Bonchev–Trinajstić information content (AvgIpc) is 1.42. The second-order valence-corrected chi connectivity index (χ2v) is 4.95. The molecule has 16 heteroatoms. The minimum atomic E-state index is -5.39. The van der Waals surface area contributed by atoms with E-state index in [2.05, 4.69) is 4.31 Å². The van der Waals surface area contributed by atoms with Crippen molar-refractivity contribution in [3.8, 4) is 0 Å². The van der Waals surface area contributed by atoms with Gasteiger partial charge in [0, 0.05) is 0 Å². The fourth-order valence-electron chi connectivity index (χ4n) is 0.134. The summed E-state index contributed by atoms with van der Waals surface area (Å²) in [6, 6.07) is 0. The summed E-state index contributed by atoms with van der Waals surface area (Å²) in [4.78, 5) is 58.2. The second-order valence-electron chi connectivity index (χ2n) is 1.49. The average molecular weight is 403 g/mol. The Bertz CT molecular complexity index is 262. The van der Waals surface area contributed by atoms with Gasteiger partial charge in [-0.1, -0.05) is 0 Å². The molecule has 0 radical (unpaired) electrons. The molecule has 0 aliphatic carbocycles. The molecule has 88 valence electrons. The van der Waals surface area contributed by atoms with Crippen LogP contribution in [-0.2, 0) is 57.0 Å². The molecule has 0 saturated heterocycles. The summed E-state index contributed by atoms with van der Waals surface area (Å²) in [5.74, 6) is 0. The van der Waals surface area contributed by atoms with Gasteiger partial charge in [-0.15, -0.1) is 0 Å². The van der Waals surface area contributed by atoms with E-state index in [-0.39, 0.29) is 39.0 Å². The van der Waals surface area contributed by atoms with Crippen LogP contribution in [0.3, 0.4) is 0 Å². The number of hydrogen-bond acceptors (Lipinski definition) is 8. The topological polar surface area (TPSA) is 213 Å². The van der Waals surface area contributed by atoms with Crippen molar-refractivity contribution in [2.45, 2.75) is 0 Å². The van der Waals surface area contributed by atoms with Crippen LogP contribution in [0.5, 0.6) is 0 Å². The fourth-order valence-corrected chi connectivity index (χ4v) is 1.21. The first-order valence-electron chi connectivity index (χ1n) is 2.24. The molecule has 0 aromatic rings. The second kappa shape index (κ2) is 9.53. The summed E-state index contributed by atoms with van der Waals surface area (Å²) < 4.78 is 30.5. The van der Waals surface area contributed by atoms with Gasteiger partial charge in [0.15, 0.2) is 0 Å². The van der Waals surface area contributed by atoms with Crippen LogP contribution in [0.1, 0.15) is 0 Å². The van der Waals surface area contributed by atoms with Crippen molar-refractivity contribution in [3.63, 3.8) is 0 Å². The molecule has 0 aliphatic heterocycles. The van der Waals surface area contributed by atoms with Gasteiger partial charge >= 0.3 is 46.8 Å². The third-order valence-corrected chi connectivity index (χ3v) is 1.89. The summed E-state index contributed by atoms with van der Waals surface area (Å²) in [5.41, 5.74) is 0. The van der Waals surface area contributed by atoms with Gasteiger partial charge in [-0.2, -0.15) is 7.82 Å². The van der Waals surface area contributed by atoms with E-state index < -0.39 is 23.5 Å². The maximum Gasteiger partial charge on any atom is 2.00 e. The van der Waals surface area contributed by atoms with E-state index in [9.17, 15) is 14.0 Å². The SMILES string of the molecule is O=P([O-])(O)OP(=O)(O)O.O=P([O-])([O-])[O-].[Zn+2].[Zn+2]. The monoisotopic (exact) mass is 400 g/mol. The van der Waals surface area contributed by atoms with Crippen molar-refractivity contribution in [3.05, 3.63) is 0 Å². The van der Waals surface area contributed by atoms with Gasteiger partial charge in [0.1, 0.15) is 0 Å². The van der Waals surface area contributed by atoms with Gasteiger partial charge < -0.3 is 38.8 Å². The molecule has 0 rings (SSSR count). The first-order valence-corrected chi connectivity index (χ1v) is 6.73. The Morgan fingerprint density at radius 1 is 0.812 bits per heavy atom. The molecule has 0 amide bonds. The predicted octanol–water partition coefficient (Wildman–Crippen LogP) is -4.27. The van der Waals surface area contributed by atoms with Gasteiger partial charge in [-0.05, 0) is 0 Å². The molecule has 0 heterocycles. The minimum Gasteiger partial charge on any atom is -0.822 e. The van der Waals surface area contributed by atoms with Crippen LogP contribution in [0.25, 0.3) is 0 Å². The molecule has 1 atom stereocenters. The third kappa shape index (κ3) is 57.5. The predicted molar refractivity (Wildman–Crippen MR) is 30.6 cm³/mol. The Hall–Kier alpha value is 1.62. The van der Waals surface area contributed by atoms with Gasteiger partial charge in [0.2, 0.25) is 0 Å². The summed E-state index contributed by atoms with van der Waals surface area (Å²) in [5, 5.41) is 0. The molecule has 0 aromatic heterocycles.